The smallest absolute Gasteiger partial charge is 0.232 e. The fourth-order valence-electron chi connectivity index (χ4n) is 2.39. The van der Waals surface area contributed by atoms with Crippen molar-refractivity contribution in [3.8, 4) is 0 Å². The summed E-state index contributed by atoms with van der Waals surface area (Å²) in [6, 6.07) is 5.16. The van der Waals surface area contributed by atoms with Crippen molar-refractivity contribution in [1.82, 2.24) is 5.32 Å². The fraction of sp³-hybridized carbons (Fsp3) is 0.588. The molecule has 1 amide bonds. The maximum absolute atomic E-state index is 12.1. The summed E-state index contributed by atoms with van der Waals surface area (Å²) >= 11 is 5.99. The van der Waals surface area contributed by atoms with Gasteiger partial charge in [-0.05, 0) is 37.5 Å². The van der Waals surface area contributed by atoms with Crippen molar-refractivity contribution in [2.45, 2.75) is 46.0 Å². The molecule has 0 fully saturated rings. The van der Waals surface area contributed by atoms with Crippen LogP contribution < -0.4 is 9.62 Å². The monoisotopic (exact) mass is 374 g/mol. The summed E-state index contributed by atoms with van der Waals surface area (Å²) in [6.45, 7) is 4.88. The second-order valence-electron chi connectivity index (χ2n) is 5.93. The Morgan fingerprint density at radius 1 is 1.25 bits per heavy atom. The van der Waals surface area contributed by atoms with Gasteiger partial charge in [0.1, 0.15) is 0 Å². The van der Waals surface area contributed by atoms with Crippen LogP contribution in [0.4, 0.5) is 5.69 Å². The SMILES string of the molecule is CCCCCNC(=O)CCCN(c1cc(Cl)ccc1C)S(C)(=O)=O. The van der Waals surface area contributed by atoms with Crippen molar-refractivity contribution in [3.63, 3.8) is 0 Å². The molecule has 24 heavy (non-hydrogen) atoms. The van der Waals surface area contributed by atoms with Crippen molar-refractivity contribution in [3.05, 3.63) is 28.8 Å². The van der Waals surface area contributed by atoms with Gasteiger partial charge in [0.15, 0.2) is 0 Å². The molecule has 1 aromatic rings. The van der Waals surface area contributed by atoms with Gasteiger partial charge in [-0.1, -0.05) is 37.4 Å². The number of nitrogens with one attached hydrogen (secondary N) is 1. The normalized spacial score (nSPS) is 11.3. The first kappa shape index (κ1) is 20.8. The van der Waals surface area contributed by atoms with Gasteiger partial charge < -0.3 is 5.32 Å². The maximum atomic E-state index is 12.1. The van der Waals surface area contributed by atoms with E-state index in [0.717, 1.165) is 31.1 Å². The molecule has 136 valence electrons. The van der Waals surface area contributed by atoms with Crippen LogP contribution in [0.5, 0.6) is 0 Å². The van der Waals surface area contributed by atoms with E-state index < -0.39 is 10.0 Å². The Morgan fingerprint density at radius 2 is 1.96 bits per heavy atom. The summed E-state index contributed by atoms with van der Waals surface area (Å²) in [7, 11) is -3.44. The third-order valence-electron chi connectivity index (χ3n) is 3.71. The standard InChI is InChI=1S/C17H27ClN2O3S/c1-4-5-6-11-19-17(21)8-7-12-20(24(3,22)23)16-13-15(18)10-9-14(16)2/h9-10,13H,4-8,11-12H2,1-3H3,(H,19,21). The highest BCUT2D eigenvalue weighted by Gasteiger charge is 2.19. The second-order valence-corrected chi connectivity index (χ2v) is 8.27. The van der Waals surface area contributed by atoms with Gasteiger partial charge in [-0.2, -0.15) is 0 Å². The largest absolute Gasteiger partial charge is 0.356 e. The topological polar surface area (TPSA) is 66.5 Å². The lowest BCUT2D eigenvalue weighted by Crippen LogP contribution is -2.32. The molecule has 0 saturated heterocycles. The Hall–Kier alpha value is -1.27. The Kier molecular flexibility index (Phi) is 8.56. The lowest BCUT2D eigenvalue weighted by Gasteiger charge is -2.24. The van der Waals surface area contributed by atoms with Crippen molar-refractivity contribution in [2.75, 3.05) is 23.7 Å². The number of halogens is 1. The van der Waals surface area contributed by atoms with Gasteiger partial charge in [0.25, 0.3) is 0 Å². The molecule has 0 atom stereocenters. The number of aryl methyl sites for hydroxylation is 1. The van der Waals surface area contributed by atoms with Crippen LogP contribution in [0.15, 0.2) is 18.2 Å². The van der Waals surface area contributed by atoms with E-state index in [1.165, 1.54) is 4.31 Å². The summed E-state index contributed by atoms with van der Waals surface area (Å²) in [4.78, 5) is 11.8. The van der Waals surface area contributed by atoms with Crippen LogP contribution in [0.25, 0.3) is 0 Å². The zero-order valence-electron chi connectivity index (χ0n) is 14.6. The number of anilines is 1. The third kappa shape index (κ3) is 7.09. The van der Waals surface area contributed by atoms with Crippen molar-refractivity contribution in [2.24, 2.45) is 0 Å². The highest BCUT2D eigenvalue weighted by molar-refractivity contribution is 7.92. The molecule has 0 bridgehead atoms. The first-order valence-electron chi connectivity index (χ1n) is 8.26. The number of hydrogen-bond acceptors (Lipinski definition) is 3. The molecule has 7 heteroatoms. The average molecular weight is 375 g/mol. The highest BCUT2D eigenvalue weighted by atomic mass is 35.5. The van der Waals surface area contributed by atoms with Crippen LogP contribution in [-0.4, -0.2) is 33.7 Å². The molecule has 5 nitrogen and oxygen atoms in total. The number of carbonyl (C=O) groups is 1. The molecule has 0 heterocycles. The third-order valence-corrected chi connectivity index (χ3v) is 5.12. The summed E-state index contributed by atoms with van der Waals surface area (Å²) in [5.74, 6) is -0.0395. The van der Waals surface area contributed by atoms with Crippen LogP contribution in [-0.2, 0) is 14.8 Å². The van der Waals surface area contributed by atoms with Crippen LogP contribution in [0.1, 0.15) is 44.6 Å². The molecule has 0 aliphatic rings. The number of sulfonamides is 1. The van der Waals surface area contributed by atoms with E-state index >= 15 is 0 Å². The molecule has 0 spiro atoms. The van der Waals surface area contributed by atoms with E-state index in [1.54, 1.807) is 18.2 Å². The van der Waals surface area contributed by atoms with Crippen molar-refractivity contribution in [1.29, 1.82) is 0 Å². The van der Waals surface area contributed by atoms with E-state index in [-0.39, 0.29) is 12.5 Å². The fourth-order valence-corrected chi connectivity index (χ4v) is 3.57. The van der Waals surface area contributed by atoms with Gasteiger partial charge in [0.2, 0.25) is 15.9 Å². The van der Waals surface area contributed by atoms with E-state index in [9.17, 15) is 13.2 Å². The van der Waals surface area contributed by atoms with Gasteiger partial charge in [-0.25, -0.2) is 8.42 Å². The average Bonchev–Trinajstić information content (AvgIpc) is 2.50. The minimum atomic E-state index is -3.44. The summed E-state index contributed by atoms with van der Waals surface area (Å²) < 4.78 is 25.5. The lowest BCUT2D eigenvalue weighted by atomic mass is 10.2. The Balaban J connectivity index is 2.63. The summed E-state index contributed by atoms with van der Waals surface area (Å²) in [5, 5.41) is 3.35. The second kappa shape index (κ2) is 9.89. The molecule has 0 unspecified atom stereocenters. The van der Waals surface area contributed by atoms with Gasteiger partial charge in [-0.15, -0.1) is 0 Å². The Bertz CT molecular complexity index is 647. The van der Waals surface area contributed by atoms with Crippen molar-refractivity contribution >= 4 is 33.2 Å². The molecule has 0 aliphatic carbocycles. The molecule has 1 N–H and O–H groups in total. The Labute approximate surface area is 150 Å². The quantitative estimate of drug-likeness (QED) is 0.637. The predicted molar refractivity (Wildman–Crippen MR) is 100 cm³/mol. The lowest BCUT2D eigenvalue weighted by molar-refractivity contribution is -0.121. The number of unbranched alkanes of at least 4 members (excludes halogenated alkanes) is 2. The van der Waals surface area contributed by atoms with Gasteiger partial charge in [0, 0.05) is 24.5 Å². The van der Waals surface area contributed by atoms with E-state index in [1.807, 2.05) is 6.92 Å². The number of amides is 1. The van der Waals surface area contributed by atoms with Gasteiger partial charge in [0.05, 0.1) is 11.9 Å². The zero-order valence-corrected chi connectivity index (χ0v) is 16.2. The van der Waals surface area contributed by atoms with E-state index in [4.69, 9.17) is 11.6 Å². The first-order valence-corrected chi connectivity index (χ1v) is 10.5. The minimum absolute atomic E-state index is 0.0395. The highest BCUT2D eigenvalue weighted by Crippen LogP contribution is 2.26. The summed E-state index contributed by atoms with van der Waals surface area (Å²) in [5.41, 5.74) is 1.39. The van der Waals surface area contributed by atoms with Crippen molar-refractivity contribution < 1.29 is 13.2 Å². The first-order chi connectivity index (χ1) is 11.3. The molecule has 1 rings (SSSR count). The van der Waals surface area contributed by atoms with E-state index in [2.05, 4.69) is 12.2 Å². The summed E-state index contributed by atoms with van der Waals surface area (Å²) in [6.07, 6.45) is 5.10. The van der Waals surface area contributed by atoms with Gasteiger partial charge in [-0.3, -0.25) is 9.10 Å². The number of rotatable bonds is 10. The maximum Gasteiger partial charge on any atom is 0.232 e. The van der Waals surface area contributed by atoms with Crippen LogP contribution >= 0.6 is 11.6 Å². The Morgan fingerprint density at radius 3 is 2.58 bits per heavy atom. The molecule has 0 radical (unpaired) electrons. The van der Waals surface area contributed by atoms with Crippen LogP contribution in [0.3, 0.4) is 0 Å². The zero-order chi connectivity index (χ0) is 18.2. The van der Waals surface area contributed by atoms with Crippen LogP contribution in [0, 0.1) is 6.92 Å². The minimum Gasteiger partial charge on any atom is -0.356 e. The van der Waals surface area contributed by atoms with Gasteiger partial charge >= 0.3 is 0 Å². The molecular formula is C17H27ClN2O3S. The number of benzene rings is 1. The number of carbonyl (C=O) groups excluding carboxylic acids is 1. The molecular weight excluding hydrogens is 348 g/mol. The number of hydrogen-bond donors (Lipinski definition) is 1. The van der Waals surface area contributed by atoms with E-state index in [0.29, 0.717) is 30.1 Å². The molecule has 0 aromatic heterocycles. The number of nitrogens with zero attached hydrogens (tertiary/aromatic N) is 1. The molecule has 0 aliphatic heterocycles. The molecule has 0 saturated carbocycles. The predicted octanol–water partition coefficient (Wildman–Crippen LogP) is 3.50. The molecule has 1 aromatic carbocycles. The van der Waals surface area contributed by atoms with Crippen LogP contribution in [0.2, 0.25) is 5.02 Å².